The summed E-state index contributed by atoms with van der Waals surface area (Å²) in [6, 6.07) is 6.43. The minimum absolute atomic E-state index is 0.00776. The Morgan fingerprint density at radius 2 is 1.92 bits per heavy atom. The molecule has 8 heteroatoms. The molecule has 24 heavy (non-hydrogen) atoms. The fourth-order valence-corrected chi connectivity index (χ4v) is 4.76. The summed E-state index contributed by atoms with van der Waals surface area (Å²) >= 11 is 0. The summed E-state index contributed by atoms with van der Waals surface area (Å²) in [5.74, 6) is -0.911. The number of rotatable bonds is 7. The van der Waals surface area contributed by atoms with Crippen LogP contribution in [0.3, 0.4) is 0 Å². The highest BCUT2D eigenvalue weighted by molar-refractivity contribution is 7.93. The average molecular weight is 357 g/mol. The van der Waals surface area contributed by atoms with Crippen molar-refractivity contribution < 1.29 is 27.9 Å². The number of nitrogens with one attached hydrogen (secondary N) is 1. The first-order valence-electron chi connectivity index (χ1n) is 7.91. The van der Waals surface area contributed by atoms with E-state index in [0.29, 0.717) is 19.6 Å². The molecule has 7 nitrogen and oxygen atoms in total. The van der Waals surface area contributed by atoms with Crippen LogP contribution in [0.25, 0.3) is 0 Å². The molecule has 0 atom stereocenters. The number of benzene rings is 1. The van der Waals surface area contributed by atoms with Gasteiger partial charge in [-0.25, -0.2) is 13.9 Å². The second kappa shape index (κ2) is 8.06. The summed E-state index contributed by atoms with van der Waals surface area (Å²) < 4.78 is 34.8. The van der Waals surface area contributed by atoms with Crippen LogP contribution in [0.2, 0.25) is 0 Å². The molecule has 134 valence electrons. The molecule has 1 aliphatic heterocycles. The highest BCUT2D eigenvalue weighted by Crippen LogP contribution is 2.35. The summed E-state index contributed by atoms with van der Waals surface area (Å²) in [6.45, 7) is 3.41. The normalized spacial score (nSPS) is 17.4. The average Bonchev–Trinajstić information content (AvgIpc) is 2.62. The van der Waals surface area contributed by atoms with E-state index < -0.39 is 20.5 Å². The van der Waals surface area contributed by atoms with Gasteiger partial charge < -0.3 is 9.47 Å². The first-order valence-corrected chi connectivity index (χ1v) is 9.40. The molecule has 2 rings (SSSR count). The molecule has 1 saturated heterocycles. The highest BCUT2D eigenvalue weighted by Gasteiger charge is 2.52. The lowest BCUT2D eigenvalue weighted by atomic mass is 9.98. The Kier molecular flexibility index (Phi) is 6.34. The minimum atomic E-state index is -3.96. The van der Waals surface area contributed by atoms with E-state index >= 15 is 0 Å². The van der Waals surface area contributed by atoms with Gasteiger partial charge in [-0.3, -0.25) is 10.0 Å². The highest BCUT2D eigenvalue weighted by atomic mass is 32.2. The monoisotopic (exact) mass is 357 g/mol. The van der Waals surface area contributed by atoms with Crippen molar-refractivity contribution in [3.8, 4) is 0 Å². The number of hydrogen-bond donors (Lipinski definition) is 2. The van der Waals surface area contributed by atoms with Crippen LogP contribution in [0.1, 0.15) is 25.3 Å². The number of carbonyl (C=O) groups excluding carboxylic acids is 1. The predicted molar refractivity (Wildman–Crippen MR) is 86.5 cm³/mol. The van der Waals surface area contributed by atoms with Gasteiger partial charge in [0.25, 0.3) is 5.91 Å². The Balaban J connectivity index is 2.28. The van der Waals surface area contributed by atoms with Gasteiger partial charge in [0.15, 0.2) is 14.6 Å². The number of hydroxylamine groups is 1. The van der Waals surface area contributed by atoms with Crippen LogP contribution < -0.4 is 5.48 Å². The van der Waals surface area contributed by atoms with Gasteiger partial charge in [-0.15, -0.1) is 0 Å². The summed E-state index contributed by atoms with van der Waals surface area (Å²) in [5, 5.41) is 9.01. The van der Waals surface area contributed by atoms with Gasteiger partial charge in [-0.05, 0) is 43.9 Å². The van der Waals surface area contributed by atoms with Crippen LogP contribution in [0.5, 0.6) is 0 Å². The Morgan fingerprint density at radius 1 is 1.29 bits per heavy atom. The van der Waals surface area contributed by atoms with E-state index in [-0.39, 0.29) is 31.0 Å². The van der Waals surface area contributed by atoms with E-state index in [0.717, 1.165) is 5.56 Å². The van der Waals surface area contributed by atoms with E-state index in [1.54, 1.807) is 12.1 Å². The topological polar surface area (TPSA) is 102 Å². The molecular weight excluding hydrogens is 334 g/mol. The van der Waals surface area contributed by atoms with Crippen LogP contribution in [0.4, 0.5) is 0 Å². The molecule has 1 aromatic carbocycles. The molecule has 1 amide bonds. The van der Waals surface area contributed by atoms with Crippen molar-refractivity contribution in [3.05, 3.63) is 29.8 Å². The molecule has 1 heterocycles. The first kappa shape index (κ1) is 18.9. The van der Waals surface area contributed by atoms with Crippen LogP contribution >= 0.6 is 0 Å². The van der Waals surface area contributed by atoms with Crippen LogP contribution in [-0.4, -0.2) is 50.7 Å². The zero-order valence-corrected chi connectivity index (χ0v) is 14.5. The maximum Gasteiger partial charge on any atom is 0.265 e. The molecule has 1 fully saturated rings. The van der Waals surface area contributed by atoms with Gasteiger partial charge in [0.1, 0.15) is 0 Å². The third kappa shape index (κ3) is 3.61. The molecule has 0 bridgehead atoms. The van der Waals surface area contributed by atoms with Crippen molar-refractivity contribution in [1.29, 1.82) is 0 Å². The number of amides is 1. The van der Waals surface area contributed by atoms with Crippen LogP contribution in [-0.2, 0) is 30.5 Å². The van der Waals surface area contributed by atoms with E-state index in [2.05, 4.69) is 0 Å². The maximum absolute atomic E-state index is 13.0. The van der Waals surface area contributed by atoms with Gasteiger partial charge in [0, 0.05) is 19.8 Å². The van der Waals surface area contributed by atoms with Crippen molar-refractivity contribution in [2.24, 2.45) is 0 Å². The Bertz CT molecular complexity index is 650. The zero-order chi connectivity index (χ0) is 17.6. The molecule has 2 N–H and O–H groups in total. The number of carbonyl (C=O) groups is 1. The van der Waals surface area contributed by atoms with E-state index in [9.17, 15) is 13.2 Å². The van der Waals surface area contributed by atoms with E-state index in [4.69, 9.17) is 14.7 Å². The minimum Gasteiger partial charge on any atom is -0.381 e. The van der Waals surface area contributed by atoms with Gasteiger partial charge in [-0.1, -0.05) is 12.1 Å². The van der Waals surface area contributed by atoms with Crippen molar-refractivity contribution in [2.75, 3.05) is 26.4 Å². The SMILES string of the molecule is CCOCCc1ccc(S(=O)(=O)C2(C(=O)NO)CCOCC2)cc1. The number of hydrogen-bond acceptors (Lipinski definition) is 6. The quantitative estimate of drug-likeness (QED) is 0.430. The summed E-state index contributed by atoms with van der Waals surface area (Å²) in [5.41, 5.74) is 2.46. The molecule has 0 saturated carbocycles. The summed E-state index contributed by atoms with van der Waals surface area (Å²) in [4.78, 5) is 12.2. The lowest BCUT2D eigenvalue weighted by Gasteiger charge is -2.34. The van der Waals surface area contributed by atoms with E-state index in [1.165, 1.54) is 17.6 Å². The molecule has 0 aromatic heterocycles. The van der Waals surface area contributed by atoms with Crippen LogP contribution in [0, 0.1) is 0 Å². The summed E-state index contributed by atoms with van der Waals surface area (Å²) in [6.07, 6.45) is 0.700. The lowest BCUT2D eigenvalue weighted by Crippen LogP contribution is -2.54. The maximum atomic E-state index is 13.0. The van der Waals surface area contributed by atoms with Crippen molar-refractivity contribution >= 4 is 15.7 Å². The fraction of sp³-hybridized carbons (Fsp3) is 0.562. The lowest BCUT2D eigenvalue weighted by molar-refractivity contribution is -0.134. The van der Waals surface area contributed by atoms with Gasteiger partial charge in [-0.2, -0.15) is 0 Å². The first-order chi connectivity index (χ1) is 11.5. The molecule has 0 spiro atoms. The van der Waals surface area contributed by atoms with Crippen LogP contribution in [0.15, 0.2) is 29.2 Å². The molecular formula is C16H23NO6S. The second-order valence-corrected chi connectivity index (χ2v) is 7.90. The third-order valence-corrected chi connectivity index (χ3v) is 6.82. The van der Waals surface area contributed by atoms with Gasteiger partial charge in [0.2, 0.25) is 0 Å². The predicted octanol–water partition coefficient (Wildman–Crippen LogP) is 1.09. The Morgan fingerprint density at radius 3 is 2.46 bits per heavy atom. The molecule has 0 radical (unpaired) electrons. The zero-order valence-electron chi connectivity index (χ0n) is 13.7. The number of sulfone groups is 1. The van der Waals surface area contributed by atoms with Crippen molar-refractivity contribution in [2.45, 2.75) is 35.8 Å². The van der Waals surface area contributed by atoms with Gasteiger partial charge in [0.05, 0.1) is 11.5 Å². The summed E-state index contributed by atoms with van der Waals surface area (Å²) in [7, 11) is -3.96. The largest absolute Gasteiger partial charge is 0.381 e. The Hall–Kier alpha value is -1.48. The smallest absolute Gasteiger partial charge is 0.265 e. The van der Waals surface area contributed by atoms with Gasteiger partial charge >= 0.3 is 0 Å². The third-order valence-electron chi connectivity index (χ3n) is 4.30. The molecule has 0 unspecified atom stereocenters. The standard InChI is InChI=1S/C16H23NO6S/c1-2-22-10-7-13-3-5-14(6-4-13)24(20,21)16(15(18)17-19)8-11-23-12-9-16/h3-6,19H,2,7-12H2,1H3,(H,17,18). The molecule has 1 aromatic rings. The Labute approximate surface area is 141 Å². The second-order valence-electron chi connectivity index (χ2n) is 5.64. The fourth-order valence-electron chi connectivity index (χ4n) is 2.82. The molecule has 1 aliphatic rings. The van der Waals surface area contributed by atoms with E-state index in [1.807, 2.05) is 6.92 Å². The number of ether oxygens (including phenoxy) is 2. The molecule has 0 aliphatic carbocycles. The van der Waals surface area contributed by atoms with Crippen molar-refractivity contribution in [3.63, 3.8) is 0 Å². The van der Waals surface area contributed by atoms with Crippen molar-refractivity contribution in [1.82, 2.24) is 5.48 Å².